The molecular formula is C18H25N5O2. The van der Waals surface area contributed by atoms with Gasteiger partial charge in [0.25, 0.3) is 0 Å². The second-order valence-electron chi connectivity index (χ2n) is 6.34. The molecule has 1 fully saturated rings. The molecule has 1 aromatic carbocycles. The van der Waals surface area contributed by atoms with Crippen molar-refractivity contribution >= 4 is 6.03 Å². The summed E-state index contributed by atoms with van der Waals surface area (Å²) in [5, 5.41) is 7.11. The molecule has 0 aliphatic carbocycles. The molecule has 2 amide bonds. The van der Waals surface area contributed by atoms with Gasteiger partial charge in [-0.25, -0.2) is 14.5 Å². The Morgan fingerprint density at radius 2 is 2.16 bits per heavy atom. The van der Waals surface area contributed by atoms with Crippen molar-refractivity contribution in [2.24, 2.45) is 5.92 Å². The molecule has 1 saturated heterocycles. The molecule has 134 valence electrons. The molecule has 0 saturated carbocycles. The Bertz CT molecular complexity index is 651. The molecule has 25 heavy (non-hydrogen) atoms. The molecule has 2 aromatic rings. The highest BCUT2D eigenvalue weighted by molar-refractivity contribution is 5.74. The van der Waals surface area contributed by atoms with Gasteiger partial charge in [-0.2, -0.15) is 5.10 Å². The number of rotatable bonds is 7. The lowest BCUT2D eigenvalue weighted by molar-refractivity contribution is 0.166. The van der Waals surface area contributed by atoms with Crippen molar-refractivity contribution in [1.82, 2.24) is 25.0 Å². The van der Waals surface area contributed by atoms with Gasteiger partial charge in [0, 0.05) is 32.2 Å². The molecule has 1 aliphatic heterocycles. The van der Waals surface area contributed by atoms with Gasteiger partial charge in [0.1, 0.15) is 12.7 Å². The number of aromatic nitrogens is 3. The third kappa shape index (κ3) is 5.03. The number of nitrogens with zero attached hydrogens (tertiary/aromatic N) is 4. The fourth-order valence-electron chi connectivity index (χ4n) is 2.95. The number of urea groups is 1. The van der Waals surface area contributed by atoms with Gasteiger partial charge in [0.2, 0.25) is 0 Å². The maximum absolute atomic E-state index is 12.4. The average Bonchev–Trinajstić information content (AvgIpc) is 3.32. The summed E-state index contributed by atoms with van der Waals surface area (Å²) >= 11 is 0. The molecule has 0 bridgehead atoms. The van der Waals surface area contributed by atoms with Gasteiger partial charge in [0.15, 0.2) is 0 Å². The van der Waals surface area contributed by atoms with Gasteiger partial charge in [-0.05, 0) is 24.5 Å². The lowest BCUT2D eigenvalue weighted by Crippen LogP contribution is -2.42. The van der Waals surface area contributed by atoms with E-state index in [1.54, 1.807) is 11.0 Å². The Morgan fingerprint density at radius 1 is 1.36 bits per heavy atom. The van der Waals surface area contributed by atoms with E-state index in [0.29, 0.717) is 25.6 Å². The van der Waals surface area contributed by atoms with E-state index in [-0.39, 0.29) is 6.03 Å². The molecule has 0 radical (unpaired) electrons. The molecule has 7 heteroatoms. The predicted octanol–water partition coefficient (Wildman–Crippen LogP) is 1.89. The van der Waals surface area contributed by atoms with E-state index in [2.05, 4.69) is 27.5 Å². The topological polar surface area (TPSA) is 72.3 Å². The summed E-state index contributed by atoms with van der Waals surface area (Å²) in [4.78, 5) is 18.2. The lowest BCUT2D eigenvalue weighted by atomic mass is 10.1. The van der Waals surface area contributed by atoms with Crippen molar-refractivity contribution in [2.45, 2.75) is 26.4 Å². The summed E-state index contributed by atoms with van der Waals surface area (Å²) in [6.07, 6.45) is 4.26. The van der Waals surface area contributed by atoms with Crippen LogP contribution in [0, 0.1) is 5.92 Å². The van der Waals surface area contributed by atoms with Crippen LogP contribution >= 0.6 is 0 Å². The van der Waals surface area contributed by atoms with E-state index < -0.39 is 0 Å². The summed E-state index contributed by atoms with van der Waals surface area (Å²) in [5.41, 5.74) is 2.23. The van der Waals surface area contributed by atoms with Crippen molar-refractivity contribution in [2.75, 3.05) is 26.3 Å². The van der Waals surface area contributed by atoms with Crippen molar-refractivity contribution in [3.05, 3.63) is 48.0 Å². The van der Waals surface area contributed by atoms with Crippen LogP contribution in [-0.2, 0) is 17.8 Å². The van der Waals surface area contributed by atoms with E-state index >= 15 is 0 Å². The second kappa shape index (κ2) is 8.62. The fraction of sp³-hybridized carbons (Fsp3) is 0.500. The molecule has 1 aromatic heterocycles. The average molecular weight is 343 g/mol. The summed E-state index contributed by atoms with van der Waals surface area (Å²) < 4.78 is 7.17. The monoisotopic (exact) mass is 343 g/mol. The second-order valence-corrected chi connectivity index (χ2v) is 6.34. The maximum atomic E-state index is 12.4. The summed E-state index contributed by atoms with van der Waals surface area (Å²) in [6.45, 7) is 6.27. The lowest BCUT2D eigenvalue weighted by Gasteiger charge is -2.24. The molecule has 1 atom stereocenters. The van der Waals surface area contributed by atoms with Crippen LogP contribution in [0.15, 0.2) is 36.9 Å². The zero-order valence-corrected chi connectivity index (χ0v) is 14.6. The molecular weight excluding hydrogens is 318 g/mol. The summed E-state index contributed by atoms with van der Waals surface area (Å²) in [7, 11) is 0. The van der Waals surface area contributed by atoms with Crippen LogP contribution in [0.5, 0.6) is 0 Å². The molecule has 0 spiro atoms. The van der Waals surface area contributed by atoms with Gasteiger partial charge in [-0.3, -0.25) is 0 Å². The highest BCUT2D eigenvalue weighted by Gasteiger charge is 2.21. The number of amides is 2. The largest absolute Gasteiger partial charge is 0.381 e. The van der Waals surface area contributed by atoms with Crippen molar-refractivity contribution in [3.8, 4) is 0 Å². The number of carbonyl (C=O) groups excluding carboxylic acids is 1. The Balaban J connectivity index is 1.47. The number of ether oxygens (including phenoxy) is 1. The van der Waals surface area contributed by atoms with Crippen molar-refractivity contribution in [1.29, 1.82) is 0 Å². The number of benzene rings is 1. The molecule has 1 N–H and O–H groups in total. The van der Waals surface area contributed by atoms with Gasteiger partial charge in [-0.15, -0.1) is 0 Å². The maximum Gasteiger partial charge on any atom is 0.317 e. The Hall–Kier alpha value is -2.41. The third-order valence-corrected chi connectivity index (χ3v) is 4.45. The van der Waals surface area contributed by atoms with Crippen molar-refractivity contribution < 1.29 is 9.53 Å². The highest BCUT2D eigenvalue weighted by atomic mass is 16.5. The van der Waals surface area contributed by atoms with Gasteiger partial charge in [-0.1, -0.05) is 24.3 Å². The SMILES string of the molecule is CCN(C[C@@H]1CCOC1)C(=O)NCc1ccc(Cn2cncn2)cc1. The molecule has 0 unspecified atom stereocenters. The van der Waals surface area contributed by atoms with E-state index in [9.17, 15) is 4.79 Å². The molecule has 3 rings (SSSR count). The van der Waals surface area contributed by atoms with E-state index in [0.717, 1.165) is 37.3 Å². The minimum Gasteiger partial charge on any atom is -0.381 e. The van der Waals surface area contributed by atoms with Crippen LogP contribution in [0.3, 0.4) is 0 Å². The minimum atomic E-state index is -0.0129. The first-order valence-corrected chi connectivity index (χ1v) is 8.75. The van der Waals surface area contributed by atoms with E-state index in [4.69, 9.17) is 4.74 Å². The number of carbonyl (C=O) groups is 1. The summed E-state index contributed by atoms with van der Waals surface area (Å²) in [5.74, 6) is 0.460. The van der Waals surface area contributed by atoms with Gasteiger partial charge in [0.05, 0.1) is 13.2 Å². The minimum absolute atomic E-state index is 0.0129. The first-order chi connectivity index (χ1) is 12.2. The normalized spacial score (nSPS) is 16.8. The Labute approximate surface area is 148 Å². The smallest absolute Gasteiger partial charge is 0.317 e. The number of nitrogens with one attached hydrogen (secondary N) is 1. The first kappa shape index (κ1) is 17.4. The Morgan fingerprint density at radius 3 is 2.80 bits per heavy atom. The zero-order valence-electron chi connectivity index (χ0n) is 14.6. The van der Waals surface area contributed by atoms with Crippen LogP contribution in [0.4, 0.5) is 4.79 Å². The van der Waals surface area contributed by atoms with Crippen LogP contribution in [0.2, 0.25) is 0 Å². The van der Waals surface area contributed by atoms with Crippen LogP contribution in [-0.4, -0.2) is 52.0 Å². The van der Waals surface area contributed by atoms with Gasteiger partial charge < -0.3 is 15.0 Å². The molecule has 7 nitrogen and oxygen atoms in total. The number of hydrogen-bond donors (Lipinski definition) is 1. The standard InChI is InChI=1S/C18H25N5O2/c1-2-22(10-17-7-8-25-12-17)18(24)20-9-15-3-5-16(6-4-15)11-23-14-19-13-21-23/h3-6,13-14,17H,2,7-12H2,1H3,(H,20,24)/t17-/m0/s1. The molecule has 1 aliphatic rings. The zero-order chi connectivity index (χ0) is 17.5. The van der Waals surface area contributed by atoms with E-state index in [1.165, 1.54) is 6.33 Å². The number of hydrogen-bond acceptors (Lipinski definition) is 4. The predicted molar refractivity (Wildman–Crippen MR) is 94.0 cm³/mol. The first-order valence-electron chi connectivity index (χ1n) is 8.75. The third-order valence-electron chi connectivity index (χ3n) is 4.45. The summed E-state index contributed by atoms with van der Waals surface area (Å²) in [6, 6.07) is 8.16. The van der Waals surface area contributed by atoms with Crippen molar-refractivity contribution in [3.63, 3.8) is 0 Å². The van der Waals surface area contributed by atoms with E-state index in [1.807, 2.05) is 24.0 Å². The molecule has 2 heterocycles. The quantitative estimate of drug-likeness (QED) is 0.833. The fourth-order valence-corrected chi connectivity index (χ4v) is 2.95. The Kier molecular flexibility index (Phi) is 6.00. The van der Waals surface area contributed by atoms with Crippen LogP contribution in [0.25, 0.3) is 0 Å². The van der Waals surface area contributed by atoms with Crippen LogP contribution < -0.4 is 5.32 Å². The highest BCUT2D eigenvalue weighted by Crippen LogP contribution is 2.14. The van der Waals surface area contributed by atoms with Crippen LogP contribution in [0.1, 0.15) is 24.5 Å². The van der Waals surface area contributed by atoms with Gasteiger partial charge >= 0.3 is 6.03 Å².